The summed E-state index contributed by atoms with van der Waals surface area (Å²) in [5, 5.41) is 14.5. The molecule has 7 heteroatoms. The molecule has 1 unspecified atom stereocenters. The number of carbonyl (C=O) groups is 3. The van der Waals surface area contributed by atoms with Gasteiger partial charge in [-0.05, 0) is 35.6 Å². The highest BCUT2D eigenvalue weighted by Gasteiger charge is 2.29. The number of alkyl carbamates (subject to hydrolysis) is 1. The normalized spacial score (nSPS) is 14.0. The Hall–Kier alpha value is -3.35. The molecule has 0 aliphatic heterocycles. The lowest BCUT2D eigenvalue weighted by Crippen LogP contribution is -2.41. The van der Waals surface area contributed by atoms with Gasteiger partial charge in [0.25, 0.3) is 0 Å². The van der Waals surface area contributed by atoms with E-state index < -0.39 is 24.1 Å². The summed E-state index contributed by atoms with van der Waals surface area (Å²) < 4.78 is 5.52. The second kappa shape index (κ2) is 11.5. The summed E-state index contributed by atoms with van der Waals surface area (Å²) in [7, 11) is 0. The van der Waals surface area contributed by atoms with Crippen molar-refractivity contribution in [3.05, 3.63) is 59.7 Å². The van der Waals surface area contributed by atoms with Crippen molar-refractivity contribution in [2.24, 2.45) is 0 Å². The van der Waals surface area contributed by atoms with E-state index in [0.29, 0.717) is 6.42 Å². The molecule has 0 radical (unpaired) electrons. The minimum absolute atomic E-state index is 0.0305. The van der Waals surface area contributed by atoms with Crippen molar-refractivity contribution in [2.75, 3.05) is 6.61 Å². The molecule has 1 aliphatic rings. The predicted molar refractivity (Wildman–Crippen MR) is 126 cm³/mol. The number of benzene rings is 2. The van der Waals surface area contributed by atoms with Gasteiger partial charge in [-0.25, -0.2) is 4.79 Å². The summed E-state index contributed by atoms with van der Waals surface area (Å²) in [4.78, 5) is 35.7. The number of hydrogen-bond acceptors (Lipinski definition) is 4. The van der Waals surface area contributed by atoms with Crippen LogP contribution in [0.3, 0.4) is 0 Å². The molecular weight excluding hydrogens is 420 g/mol. The van der Waals surface area contributed by atoms with Crippen LogP contribution in [0.25, 0.3) is 11.1 Å². The lowest BCUT2D eigenvalue weighted by atomic mass is 9.98. The van der Waals surface area contributed by atoms with Gasteiger partial charge in [0.1, 0.15) is 6.61 Å². The third-order valence-corrected chi connectivity index (χ3v) is 5.89. The Labute approximate surface area is 194 Å². The fourth-order valence-corrected chi connectivity index (χ4v) is 4.34. The largest absolute Gasteiger partial charge is 0.481 e. The van der Waals surface area contributed by atoms with Gasteiger partial charge in [-0.2, -0.15) is 0 Å². The van der Waals surface area contributed by atoms with Crippen LogP contribution in [0, 0.1) is 0 Å². The van der Waals surface area contributed by atoms with Gasteiger partial charge in [-0.15, -0.1) is 0 Å². The molecule has 2 atom stereocenters. The Morgan fingerprint density at radius 2 is 1.58 bits per heavy atom. The predicted octanol–water partition coefficient (Wildman–Crippen LogP) is 4.45. The van der Waals surface area contributed by atoms with Crippen molar-refractivity contribution in [1.82, 2.24) is 10.6 Å². The van der Waals surface area contributed by atoms with Gasteiger partial charge in [-0.3, -0.25) is 9.59 Å². The average molecular weight is 453 g/mol. The number of nitrogens with one attached hydrogen (secondary N) is 2. The Balaban J connectivity index is 1.50. The number of rotatable bonds is 11. The third kappa shape index (κ3) is 6.57. The molecule has 176 valence electrons. The topological polar surface area (TPSA) is 105 Å². The lowest BCUT2D eigenvalue weighted by molar-refractivity contribution is -0.137. The van der Waals surface area contributed by atoms with Crippen LogP contribution in [-0.4, -0.2) is 41.8 Å². The van der Waals surface area contributed by atoms with Gasteiger partial charge >= 0.3 is 12.1 Å². The first-order valence-corrected chi connectivity index (χ1v) is 11.5. The van der Waals surface area contributed by atoms with Crippen LogP contribution < -0.4 is 10.6 Å². The maximum absolute atomic E-state index is 12.4. The standard InChI is InChI=1S/C26H32N2O5/c1-3-4-9-18(15-25(30)31)28-24(29)14-17(2)27-26(32)33-16-23-21-12-7-5-10-19(21)20-11-6-8-13-22(20)23/h5-8,10-13,17-18,23H,3-4,9,14-16H2,1-2H3,(H,27,32)(H,28,29)(H,30,31)/t17?,18-/m0/s1. The molecule has 0 heterocycles. The lowest BCUT2D eigenvalue weighted by Gasteiger charge is -2.19. The van der Waals surface area contributed by atoms with Crippen LogP contribution in [0.15, 0.2) is 48.5 Å². The second-order valence-electron chi connectivity index (χ2n) is 8.58. The molecule has 0 aromatic heterocycles. The van der Waals surface area contributed by atoms with Crippen LogP contribution in [0.2, 0.25) is 0 Å². The van der Waals surface area contributed by atoms with Gasteiger partial charge in [0.05, 0.1) is 6.42 Å². The number of carboxylic acids is 1. The van der Waals surface area contributed by atoms with Crippen molar-refractivity contribution in [3.63, 3.8) is 0 Å². The third-order valence-electron chi connectivity index (χ3n) is 5.89. The molecule has 7 nitrogen and oxygen atoms in total. The van der Waals surface area contributed by atoms with E-state index in [2.05, 4.69) is 34.9 Å². The van der Waals surface area contributed by atoms with Gasteiger partial charge in [-0.1, -0.05) is 68.3 Å². The number of carboxylic acid groups (broad SMARTS) is 1. The Kier molecular flexibility index (Phi) is 8.46. The van der Waals surface area contributed by atoms with E-state index in [1.54, 1.807) is 6.92 Å². The van der Waals surface area contributed by atoms with Crippen LogP contribution in [0.4, 0.5) is 4.79 Å². The van der Waals surface area contributed by atoms with Gasteiger partial charge in [0, 0.05) is 24.4 Å². The Morgan fingerprint density at radius 3 is 2.15 bits per heavy atom. The van der Waals surface area contributed by atoms with Crippen LogP contribution in [0.1, 0.15) is 63.0 Å². The molecule has 3 N–H and O–H groups in total. The molecule has 3 rings (SSSR count). The van der Waals surface area contributed by atoms with Crippen LogP contribution in [0.5, 0.6) is 0 Å². The van der Waals surface area contributed by atoms with E-state index in [1.165, 1.54) is 0 Å². The first-order chi connectivity index (χ1) is 15.9. The van der Waals surface area contributed by atoms with Crippen molar-refractivity contribution in [1.29, 1.82) is 0 Å². The first kappa shape index (κ1) is 24.3. The number of fused-ring (bicyclic) bond motifs is 3. The minimum atomic E-state index is -0.943. The molecule has 0 saturated carbocycles. The quantitative estimate of drug-likeness (QED) is 0.467. The summed E-state index contributed by atoms with van der Waals surface area (Å²) in [6.07, 6.45) is 1.73. The number of hydrogen-bond donors (Lipinski definition) is 3. The first-order valence-electron chi connectivity index (χ1n) is 11.5. The maximum atomic E-state index is 12.4. The fourth-order valence-electron chi connectivity index (χ4n) is 4.34. The molecule has 0 spiro atoms. The van der Waals surface area contributed by atoms with E-state index in [1.807, 2.05) is 31.2 Å². The molecule has 33 heavy (non-hydrogen) atoms. The van der Waals surface area contributed by atoms with Crippen molar-refractivity contribution in [2.45, 2.75) is 64.0 Å². The molecule has 2 aromatic rings. The molecule has 0 saturated heterocycles. The maximum Gasteiger partial charge on any atom is 0.407 e. The highest BCUT2D eigenvalue weighted by molar-refractivity contribution is 5.80. The van der Waals surface area contributed by atoms with E-state index in [0.717, 1.165) is 35.1 Å². The van der Waals surface area contributed by atoms with E-state index in [4.69, 9.17) is 9.84 Å². The van der Waals surface area contributed by atoms with E-state index in [9.17, 15) is 14.4 Å². The van der Waals surface area contributed by atoms with Crippen molar-refractivity contribution in [3.8, 4) is 11.1 Å². The summed E-state index contributed by atoms with van der Waals surface area (Å²) in [6, 6.07) is 15.4. The zero-order chi connectivity index (χ0) is 23.8. The number of carbonyl (C=O) groups excluding carboxylic acids is 2. The fraction of sp³-hybridized carbons (Fsp3) is 0.423. The number of aliphatic carboxylic acids is 1. The van der Waals surface area contributed by atoms with Gasteiger partial charge < -0.3 is 20.5 Å². The summed E-state index contributed by atoms with van der Waals surface area (Å²) >= 11 is 0. The summed E-state index contributed by atoms with van der Waals surface area (Å²) in [5.74, 6) is -1.26. The van der Waals surface area contributed by atoms with Gasteiger partial charge in [0.2, 0.25) is 5.91 Å². The van der Waals surface area contributed by atoms with E-state index in [-0.39, 0.29) is 31.3 Å². The summed E-state index contributed by atoms with van der Waals surface area (Å²) in [5.41, 5.74) is 4.59. The molecule has 0 fully saturated rings. The second-order valence-corrected chi connectivity index (χ2v) is 8.58. The number of unbranched alkanes of at least 4 members (excludes halogenated alkanes) is 1. The van der Waals surface area contributed by atoms with Crippen LogP contribution >= 0.6 is 0 Å². The molecule has 1 aliphatic carbocycles. The highest BCUT2D eigenvalue weighted by atomic mass is 16.5. The van der Waals surface area contributed by atoms with Crippen molar-refractivity contribution < 1.29 is 24.2 Å². The Bertz CT molecular complexity index is 945. The van der Waals surface area contributed by atoms with Crippen molar-refractivity contribution >= 4 is 18.0 Å². The molecule has 2 amide bonds. The smallest absolute Gasteiger partial charge is 0.407 e. The highest BCUT2D eigenvalue weighted by Crippen LogP contribution is 2.44. The van der Waals surface area contributed by atoms with E-state index >= 15 is 0 Å². The minimum Gasteiger partial charge on any atom is -0.481 e. The zero-order valence-corrected chi connectivity index (χ0v) is 19.2. The number of ether oxygens (including phenoxy) is 1. The average Bonchev–Trinajstić information content (AvgIpc) is 3.09. The molecule has 2 aromatic carbocycles. The molecular formula is C26H32N2O5. The van der Waals surface area contributed by atoms with Gasteiger partial charge in [0.15, 0.2) is 0 Å². The SMILES string of the molecule is CCCC[C@@H](CC(=O)O)NC(=O)CC(C)NC(=O)OCC1c2ccccc2-c2ccccc21. The molecule has 0 bridgehead atoms. The monoisotopic (exact) mass is 452 g/mol. The van der Waals surface area contributed by atoms with Crippen LogP contribution in [-0.2, 0) is 14.3 Å². The summed E-state index contributed by atoms with van der Waals surface area (Å²) in [6.45, 7) is 3.94. The Morgan fingerprint density at radius 1 is 0.970 bits per heavy atom. The number of amides is 2. The zero-order valence-electron chi connectivity index (χ0n) is 19.2.